The number of halogens is 2. The van der Waals surface area contributed by atoms with Crippen LogP contribution >= 0.6 is 23.2 Å². The van der Waals surface area contributed by atoms with Crippen LogP contribution in [-0.4, -0.2) is 0 Å². The summed E-state index contributed by atoms with van der Waals surface area (Å²) in [7, 11) is 0. The van der Waals surface area contributed by atoms with E-state index in [9.17, 15) is 0 Å². The van der Waals surface area contributed by atoms with Crippen molar-refractivity contribution in [3.63, 3.8) is 0 Å². The third-order valence-electron chi connectivity index (χ3n) is 5.11. The monoisotopic (exact) mass is 343 g/mol. The zero-order chi connectivity index (χ0) is 16.1. The minimum absolute atomic E-state index is 0.216. The molecule has 2 aromatic carbocycles. The normalized spacial score (nSPS) is 25.0. The average Bonchev–Trinajstić information content (AvgIpc) is 2.95. The van der Waals surface area contributed by atoms with Gasteiger partial charge in [0.05, 0.1) is 6.04 Å². The molecule has 3 atom stereocenters. The molecule has 0 unspecified atom stereocenters. The van der Waals surface area contributed by atoms with Gasteiger partial charge in [-0.15, -0.1) is 0 Å². The molecular weight excluding hydrogens is 325 g/mol. The highest BCUT2D eigenvalue weighted by Crippen LogP contribution is 2.51. The molecule has 2 aromatic rings. The van der Waals surface area contributed by atoms with Gasteiger partial charge in [-0.1, -0.05) is 47.5 Å². The van der Waals surface area contributed by atoms with Crippen LogP contribution < -0.4 is 5.32 Å². The first-order valence-corrected chi connectivity index (χ1v) is 8.79. The number of nitrogens with one attached hydrogen (secondary N) is 1. The van der Waals surface area contributed by atoms with Gasteiger partial charge in [0, 0.05) is 21.7 Å². The number of fused-ring (bicyclic) bond motifs is 3. The summed E-state index contributed by atoms with van der Waals surface area (Å²) < 4.78 is 0. The highest BCUT2D eigenvalue weighted by atomic mass is 35.5. The summed E-state index contributed by atoms with van der Waals surface area (Å²) in [6, 6.07) is 10.6. The smallest absolute Gasteiger partial charge is 0.0568 e. The standard InChI is InChI=1S/C20H19Cl2N/c1-11-8-12(2)19-14-4-3-5-15(14)20(23-18(19)9-11)16-7-6-13(21)10-17(16)22/h3-4,6-10,14-15,20,23H,5H2,1-2H3/t14-,15+,20+/m0/s1. The van der Waals surface area contributed by atoms with Crippen LogP contribution in [0.15, 0.2) is 42.5 Å². The van der Waals surface area contributed by atoms with E-state index >= 15 is 0 Å². The van der Waals surface area contributed by atoms with Crippen molar-refractivity contribution < 1.29 is 0 Å². The maximum Gasteiger partial charge on any atom is 0.0568 e. The summed E-state index contributed by atoms with van der Waals surface area (Å²) in [6.45, 7) is 4.36. The Labute approximate surface area is 147 Å². The van der Waals surface area contributed by atoms with Crippen molar-refractivity contribution in [2.45, 2.75) is 32.2 Å². The van der Waals surface area contributed by atoms with Gasteiger partial charge < -0.3 is 5.32 Å². The Hall–Kier alpha value is -1.44. The van der Waals surface area contributed by atoms with Gasteiger partial charge in [0.25, 0.3) is 0 Å². The lowest BCUT2D eigenvalue weighted by Crippen LogP contribution is -2.30. The van der Waals surface area contributed by atoms with Crippen molar-refractivity contribution in [2.24, 2.45) is 5.92 Å². The van der Waals surface area contributed by atoms with E-state index in [0.717, 1.165) is 17.0 Å². The van der Waals surface area contributed by atoms with Crippen LogP contribution in [0.25, 0.3) is 0 Å². The number of hydrogen-bond acceptors (Lipinski definition) is 1. The number of anilines is 1. The maximum atomic E-state index is 6.50. The van der Waals surface area contributed by atoms with Crippen molar-refractivity contribution >= 4 is 28.9 Å². The Morgan fingerprint density at radius 3 is 2.70 bits per heavy atom. The molecule has 0 spiro atoms. The van der Waals surface area contributed by atoms with Crippen molar-refractivity contribution in [1.29, 1.82) is 0 Å². The molecule has 1 heterocycles. The van der Waals surface area contributed by atoms with Crippen molar-refractivity contribution in [3.05, 3.63) is 74.8 Å². The van der Waals surface area contributed by atoms with Crippen LogP contribution in [0.4, 0.5) is 5.69 Å². The van der Waals surface area contributed by atoms with Crippen LogP contribution in [0.5, 0.6) is 0 Å². The molecule has 3 heteroatoms. The Morgan fingerprint density at radius 1 is 1.09 bits per heavy atom. The molecule has 4 rings (SSSR count). The second-order valence-corrected chi connectivity index (χ2v) is 7.53. The average molecular weight is 344 g/mol. The number of aryl methyl sites for hydroxylation is 2. The van der Waals surface area contributed by atoms with E-state index in [-0.39, 0.29) is 6.04 Å². The zero-order valence-corrected chi connectivity index (χ0v) is 14.7. The van der Waals surface area contributed by atoms with Crippen LogP contribution in [0.1, 0.15) is 40.6 Å². The fourth-order valence-electron chi connectivity index (χ4n) is 4.20. The van der Waals surface area contributed by atoms with Crippen LogP contribution in [0, 0.1) is 19.8 Å². The van der Waals surface area contributed by atoms with Gasteiger partial charge in [-0.05, 0) is 66.6 Å². The van der Waals surface area contributed by atoms with E-state index in [4.69, 9.17) is 23.2 Å². The first kappa shape index (κ1) is 15.1. The van der Waals surface area contributed by atoms with Gasteiger partial charge in [-0.25, -0.2) is 0 Å². The fourth-order valence-corrected chi connectivity index (χ4v) is 4.73. The fraction of sp³-hybridized carbons (Fsp3) is 0.300. The highest BCUT2D eigenvalue weighted by molar-refractivity contribution is 6.35. The molecule has 1 N–H and O–H groups in total. The highest BCUT2D eigenvalue weighted by Gasteiger charge is 2.39. The quantitative estimate of drug-likeness (QED) is 0.587. The summed E-state index contributed by atoms with van der Waals surface area (Å²) in [5.74, 6) is 0.964. The number of rotatable bonds is 1. The minimum atomic E-state index is 0.216. The lowest BCUT2D eigenvalue weighted by atomic mass is 9.75. The summed E-state index contributed by atoms with van der Waals surface area (Å²) >= 11 is 12.6. The van der Waals surface area contributed by atoms with E-state index < -0.39 is 0 Å². The molecule has 0 radical (unpaired) electrons. The molecule has 23 heavy (non-hydrogen) atoms. The maximum absolute atomic E-state index is 6.50. The SMILES string of the molecule is Cc1cc(C)c2c(c1)N[C@@H](c1ccc(Cl)cc1Cl)[C@@H]1CC=C[C@H]21. The van der Waals surface area contributed by atoms with Crippen LogP contribution in [0.3, 0.4) is 0 Å². The van der Waals surface area contributed by atoms with Crippen molar-refractivity contribution in [1.82, 2.24) is 0 Å². The van der Waals surface area contributed by atoms with E-state index in [1.165, 1.54) is 22.4 Å². The second kappa shape index (κ2) is 5.58. The summed E-state index contributed by atoms with van der Waals surface area (Å²) in [5.41, 5.74) is 6.48. The molecule has 0 aromatic heterocycles. The summed E-state index contributed by atoms with van der Waals surface area (Å²) in [5, 5.41) is 5.19. The molecule has 0 bridgehead atoms. The first-order valence-electron chi connectivity index (χ1n) is 8.04. The zero-order valence-electron chi connectivity index (χ0n) is 13.2. The van der Waals surface area contributed by atoms with Crippen LogP contribution in [-0.2, 0) is 0 Å². The molecule has 1 aliphatic carbocycles. The third kappa shape index (κ3) is 2.47. The van der Waals surface area contributed by atoms with Gasteiger partial charge in [0.2, 0.25) is 0 Å². The van der Waals surface area contributed by atoms with Crippen molar-refractivity contribution in [3.8, 4) is 0 Å². The predicted molar refractivity (Wildman–Crippen MR) is 98.7 cm³/mol. The predicted octanol–water partition coefficient (Wildman–Crippen LogP) is 6.44. The molecule has 1 aliphatic heterocycles. The second-order valence-electron chi connectivity index (χ2n) is 6.68. The van der Waals surface area contributed by atoms with E-state index in [1.807, 2.05) is 12.1 Å². The number of hydrogen-bond donors (Lipinski definition) is 1. The molecular formula is C20H19Cl2N. The molecule has 2 aliphatic rings. The molecule has 0 fully saturated rings. The summed E-state index contributed by atoms with van der Waals surface area (Å²) in [6.07, 6.45) is 5.75. The topological polar surface area (TPSA) is 12.0 Å². The van der Waals surface area contributed by atoms with E-state index in [0.29, 0.717) is 16.9 Å². The molecule has 0 saturated heterocycles. The van der Waals surface area contributed by atoms with Gasteiger partial charge in [0.1, 0.15) is 0 Å². The molecule has 0 saturated carbocycles. The van der Waals surface area contributed by atoms with Crippen molar-refractivity contribution in [2.75, 3.05) is 5.32 Å². The Morgan fingerprint density at radius 2 is 1.91 bits per heavy atom. The molecule has 1 nitrogen and oxygen atoms in total. The summed E-state index contributed by atoms with van der Waals surface area (Å²) in [4.78, 5) is 0. The minimum Gasteiger partial charge on any atom is -0.378 e. The molecule has 0 amide bonds. The van der Waals surface area contributed by atoms with E-state index in [2.05, 4.69) is 49.5 Å². The lowest BCUT2D eigenvalue weighted by molar-refractivity contribution is 0.424. The molecule has 118 valence electrons. The van der Waals surface area contributed by atoms with Gasteiger partial charge >= 0.3 is 0 Å². The van der Waals surface area contributed by atoms with Gasteiger partial charge in [0.15, 0.2) is 0 Å². The largest absolute Gasteiger partial charge is 0.378 e. The first-order chi connectivity index (χ1) is 11.0. The Kier molecular flexibility index (Phi) is 3.66. The Balaban J connectivity index is 1.84. The van der Waals surface area contributed by atoms with Crippen LogP contribution in [0.2, 0.25) is 10.0 Å². The van der Waals surface area contributed by atoms with Gasteiger partial charge in [-0.3, -0.25) is 0 Å². The number of benzene rings is 2. The Bertz CT molecular complexity index is 810. The third-order valence-corrected chi connectivity index (χ3v) is 5.68. The van der Waals surface area contributed by atoms with E-state index in [1.54, 1.807) is 0 Å². The number of allylic oxidation sites excluding steroid dienone is 2. The van der Waals surface area contributed by atoms with Gasteiger partial charge in [-0.2, -0.15) is 0 Å². The lowest BCUT2D eigenvalue weighted by Gasteiger charge is -2.39.